The maximum absolute atomic E-state index is 9.45. The van der Waals surface area contributed by atoms with E-state index in [0.717, 1.165) is 50.4 Å². The minimum Gasteiger partial charge on any atom is -0.394 e. The molecule has 94 valence electrons. The van der Waals surface area contributed by atoms with Crippen molar-refractivity contribution in [1.82, 2.24) is 20.1 Å². The molecule has 2 aliphatic heterocycles. The first-order valence-electron chi connectivity index (χ1n) is 6.62. The molecule has 0 bridgehead atoms. The van der Waals surface area contributed by atoms with Crippen molar-refractivity contribution in [2.45, 2.75) is 38.1 Å². The Labute approximate surface area is 101 Å². The lowest BCUT2D eigenvalue weighted by Gasteiger charge is -2.24. The third kappa shape index (κ3) is 2.09. The smallest absolute Gasteiger partial charge is 0.133 e. The second-order valence-corrected chi connectivity index (χ2v) is 5.19. The second-order valence-electron chi connectivity index (χ2n) is 5.19. The zero-order valence-corrected chi connectivity index (χ0v) is 10.1. The average molecular weight is 236 g/mol. The van der Waals surface area contributed by atoms with Crippen LogP contribution in [0.1, 0.15) is 37.0 Å². The Morgan fingerprint density at radius 2 is 2.29 bits per heavy atom. The predicted octanol–water partition coefficient (Wildman–Crippen LogP) is 0.300. The monoisotopic (exact) mass is 236 g/mol. The van der Waals surface area contributed by atoms with Gasteiger partial charge in [0.2, 0.25) is 0 Å². The Morgan fingerprint density at radius 3 is 3.06 bits per heavy atom. The molecule has 0 spiro atoms. The van der Waals surface area contributed by atoms with Crippen molar-refractivity contribution in [3.05, 3.63) is 11.6 Å². The van der Waals surface area contributed by atoms with Crippen molar-refractivity contribution in [3.63, 3.8) is 0 Å². The number of rotatable bonds is 3. The molecule has 0 amide bonds. The van der Waals surface area contributed by atoms with Crippen LogP contribution in [-0.2, 0) is 12.8 Å². The summed E-state index contributed by atoms with van der Waals surface area (Å²) in [4.78, 5) is 0. The molecule has 0 aliphatic carbocycles. The van der Waals surface area contributed by atoms with E-state index in [1.165, 1.54) is 6.42 Å². The molecule has 2 atom stereocenters. The Bertz CT molecular complexity index is 384. The molecule has 0 aromatic carbocycles. The van der Waals surface area contributed by atoms with E-state index < -0.39 is 0 Å². The number of hydrogen-bond donors (Lipinski definition) is 2. The summed E-state index contributed by atoms with van der Waals surface area (Å²) < 4.78 is 2.20. The normalized spacial score (nSPS) is 28.3. The summed E-state index contributed by atoms with van der Waals surface area (Å²) >= 11 is 0. The van der Waals surface area contributed by atoms with Crippen molar-refractivity contribution in [3.8, 4) is 0 Å². The van der Waals surface area contributed by atoms with E-state index in [4.69, 9.17) is 0 Å². The van der Waals surface area contributed by atoms with E-state index in [9.17, 15) is 5.11 Å². The van der Waals surface area contributed by atoms with Gasteiger partial charge in [-0.25, -0.2) is 0 Å². The molecular weight excluding hydrogens is 216 g/mol. The van der Waals surface area contributed by atoms with E-state index in [0.29, 0.717) is 5.92 Å². The van der Waals surface area contributed by atoms with Crippen LogP contribution in [0.15, 0.2) is 0 Å². The summed E-state index contributed by atoms with van der Waals surface area (Å²) in [5.41, 5.74) is 0. The van der Waals surface area contributed by atoms with Gasteiger partial charge in [-0.3, -0.25) is 0 Å². The van der Waals surface area contributed by atoms with Crippen molar-refractivity contribution >= 4 is 0 Å². The molecule has 1 fully saturated rings. The lowest BCUT2D eigenvalue weighted by molar-refractivity contribution is 0.202. The number of nitrogens with zero attached hydrogens (tertiary/aromatic N) is 3. The van der Waals surface area contributed by atoms with Crippen molar-refractivity contribution < 1.29 is 5.11 Å². The molecule has 3 heterocycles. The maximum atomic E-state index is 9.45. The molecule has 3 rings (SSSR count). The number of aromatic nitrogens is 3. The van der Waals surface area contributed by atoms with Gasteiger partial charge < -0.3 is 15.0 Å². The highest BCUT2D eigenvalue weighted by atomic mass is 16.3. The summed E-state index contributed by atoms with van der Waals surface area (Å²) in [6, 6.07) is 0.207. The van der Waals surface area contributed by atoms with E-state index >= 15 is 0 Å². The second kappa shape index (κ2) is 4.74. The summed E-state index contributed by atoms with van der Waals surface area (Å²) in [5, 5.41) is 21.4. The summed E-state index contributed by atoms with van der Waals surface area (Å²) in [7, 11) is 0. The van der Waals surface area contributed by atoms with Crippen LogP contribution in [0.4, 0.5) is 0 Å². The molecule has 0 saturated carbocycles. The van der Waals surface area contributed by atoms with Gasteiger partial charge in [-0.2, -0.15) is 0 Å². The molecular formula is C12H20N4O. The number of aliphatic hydroxyl groups excluding tert-OH is 1. The first-order chi connectivity index (χ1) is 8.38. The van der Waals surface area contributed by atoms with E-state index in [1.807, 2.05) is 0 Å². The van der Waals surface area contributed by atoms with Gasteiger partial charge in [0.1, 0.15) is 11.6 Å². The van der Waals surface area contributed by atoms with Crippen LogP contribution in [0.5, 0.6) is 0 Å². The lowest BCUT2D eigenvalue weighted by atomic mass is 10.0. The average Bonchev–Trinajstić information content (AvgIpc) is 2.99. The summed E-state index contributed by atoms with van der Waals surface area (Å²) in [6.07, 6.45) is 5.40. The van der Waals surface area contributed by atoms with E-state index in [1.54, 1.807) is 0 Å². The topological polar surface area (TPSA) is 63.0 Å². The zero-order valence-electron chi connectivity index (χ0n) is 10.1. The van der Waals surface area contributed by atoms with Gasteiger partial charge in [0, 0.05) is 12.8 Å². The molecule has 1 saturated heterocycles. The van der Waals surface area contributed by atoms with Crippen LogP contribution in [0.3, 0.4) is 0 Å². The van der Waals surface area contributed by atoms with Crippen LogP contribution >= 0.6 is 0 Å². The molecule has 2 N–H and O–H groups in total. The van der Waals surface area contributed by atoms with Gasteiger partial charge in [-0.05, 0) is 38.3 Å². The zero-order chi connectivity index (χ0) is 11.7. The van der Waals surface area contributed by atoms with Crippen LogP contribution < -0.4 is 5.32 Å². The molecule has 2 aliphatic rings. The third-order valence-electron chi connectivity index (χ3n) is 3.98. The van der Waals surface area contributed by atoms with Gasteiger partial charge in [0.25, 0.3) is 0 Å². The largest absolute Gasteiger partial charge is 0.394 e. The number of aliphatic hydroxyl groups is 1. The fraction of sp³-hybridized carbons (Fsp3) is 0.833. The summed E-state index contributed by atoms with van der Waals surface area (Å²) in [6.45, 7) is 2.42. The van der Waals surface area contributed by atoms with Gasteiger partial charge in [-0.15, -0.1) is 10.2 Å². The van der Waals surface area contributed by atoms with Gasteiger partial charge in [-0.1, -0.05) is 0 Å². The quantitative estimate of drug-likeness (QED) is 0.792. The fourth-order valence-corrected chi connectivity index (χ4v) is 3.04. The Morgan fingerprint density at radius 1 is 1.35 bits per heavy atom. The number of fused-ring (bicyclic) bond motifs is 1. The van der Waals surface area contributed by atoms with Crippen molar-refractivity contribution in [2.24, 2.45) is 5.92 Å². The minimum atomic E-state index is 0.207. The van der Waals surface area contributed by atoms with Crippen LogP contribution in [0.25, 0.3) is 0 Å². The predicted molar refractivity (Wildman–Crippen MR) is 63.8 cm³/mol. The Balaban J connectivity index is 1.82. The van der Waals surface area contributed by atoms with Gasteiger partial charge in [0.05, 0.1) is 12.6 Å². The van der Waals surface area contributed by atoms with Crippen LogP contribution in [0.2, 0.25) is 0 Å². The van der Waals surface area contributed by atoms with Crippen LogP contribution in [0, 0.1) is 5.92 Å². The third-order valence-corrected chi connectivity index (χ3v) is 3.98. The lowest BCUT2D eigenvalue weighted by Crippen LogP contribution is -2.24. The first-order valence-corrected chi connectivity index (χ1v) is 6.62. The van der Waals surface area contributed by atoms with E-state index in [-0.39, 0.29) is 12.6 Å². The van der Waals surface area contributed by atoms with Crippen molar-refractivity contribution in [2.75, 3.05) is 19.7 Å². The van der Waals surface area contributed by atoms with E-state index in [2.05, 4.69) is 20.1 Å². The molecule has 1 aromatic rings. The van der Waals surface area contributed by atoms with Crippen molar-refractivity contribution in [1.29, 1.82) is 0 Å². The molecule has 2 unspecified atom stereocenters. The standard InChI is InChI=1S/C12H20N4O/c17-8-10-2-1-3-11-14-15-12(16(10)11)6-9-4-5-13-7-9/h9-10,13,17H,1-8H2. The van der Waals surface area contributed by atoms with Crippen LogP contribution in [-0.4, -0.2) is 39.6 Å². The molecule has 5 nitrogen and oxygen atoms in total. The fourth-order valence-electron chi connectivity index (χ4n) is 3.04. The number of aryl methyl sites for hydroxylation is 1. The first kappa shape index (κ1) is 11.2. The molecule has 1 aromatic heterocycles. The SMILES string of the molecule is OCC1CCCc2nnc(CC3CCNC3)n21. The molecule has 17 heavy (non-hydrogen) atoms. The Kier molecular flexibility index (Phi) is 3.11. The number of hydrogen-bond acceptors (Lipinski definition) is 4. The van der Waals surface area contributed by atoms with Gasteiger partial charge in [0.15, 0.2) is 0 Å². The minimum absolute atomic E-state index is 0.207. The molecule has 5 heteroatoms. The highest BCUT2D eigenvalue weighted by Crippen LogP contribution is 2.26. The highest BCUT2D eigenvalue weighted by Gasteiger charge is 2.26. The molecule has 0 radical (unpaired) electrons. The highest BCUT2D eigenvalue weighted by molar-refractivity contribution is 5.04. The summed E-state index contributed by atoms with van der Waals surface area (Å²) in [5.74, 6) is 2.83. The maximum Gasteiger partial charge on any atom is 0.133 e. The Hall–Kier alpha value is -0.940. The van der Waals surface area contributed by atoms with Gasteiger partial charge >= 0.3 is 0 Å². The number of nitrogens with one attached hydrogen (secondary N) is 1.